The van der Waals surface area contributed by atoms with E-state index in [1.54, 1.807) is 4.90 Å². The van der Waals surface area contributed by atoms with Gasteiger partial charge in [0.25, 0.3) is 0 Å². The molecule has 1 fully saturated rings. The molecule has 1 unspecified atom stereocenters. The number of amides is 2. The lowest BCUT2D eigenvalue weighted by Crippen LogP contribution is -2.40. The van der Waals surface area contributed by atoms with E-state index in [4.69, 9.17) is 0 Å². The first-order valence-electron chi connectivity index (χ1n) is 9.35. The van der Waals surface area contributed by atoms with Crippen LogP contribution in [-0.2, 0) is 16.1 Å². The van der Waals surface area contributed by atoms with Crippen molar-refractivity contribution in [3.63, 3.8) is 0 Å². The Balaban J connectivity index is 1.53. The molecular weight excluding hydrogens is 362 g/mol. The summed E-state index contributed by atoms with van der Waals surface area (Å²) in [6.07, 6.45) is 2.62. The number of benzene rings is 1. The third-order valence-corrected chi connectivity index (χ3v) is 5.91. The van der Waals surface area contributed by atoms with E-state index >= 15 is 0 Å². The van der Waals surface area contributed by atoms with E-state index in [1.165, 1.54) is 24.6 Å². The minimum Gasteiger partial charge on any atom is -0.324 e. The molecule has 27 heavy (non-hydrogen) atoms. The van der Waals surface area contributed by atoms with Crippen LogP contribution in [0.25, 0.3) is 0 Å². The van der Waals surface area contributed by atoms with Crippen molar-refractivity contribution in [1.29, 1.82) is 0 Å². The molecule has 142 valence electrons. The highest BCUT2D eigenvalue weighted by molar-refractivity contribution is 7.99. The number of carbonyl (C=O) groups is 2. The van der Waals surface area contributed by atoms with Crippen LogP contribution in [-0.4, -0.2) is 38.4 Å². The van der Waals surface area contributed by atoms with Gasteiger partial charge < -0.3 is 14.8 Å². The average molecular weight is 385 g/mol. The predicted octanol–water partition coefficient (Wildman–Crippen LogP) is 3.03. The molecule has 7 nitrogen and oxygen atoms in total. The van der Waals surface area contributed by atoms with Gasteiger partial charge in [-0.2, -0.15) is 0 Å². The van der Waals surface area contributed by atoms with Crippen LogP contribution in [0.15, 0.2) is 29.4 Å². The fraction of sp³-hybridized carbons (Fsp3) is 0.474. The molecule has 1 aromatic carbocycles. The van der Waals surface area contributed by atoms with Crippen molar-refractivity contribution in [1.82, 2.24) is 14.8 Å². The molecule has 1 atom stereocenters. The van der Waals surface area contributed by atoms with Crippen molar-refractivity contribution in [2.45, 2.75) is 56.8 Å². The molecule has 4 rings (SSSR count). The van der Waals surface area contributed by atoms with Crippen LogP contribution in [0, 0.1) is 0 Å². The van der Waals surface area contributed by atoms with Crippen molar-refractivity contribution in [2.75, 3.05) is 16.0 Å². The summed E-state index contributed by atoms with van der Waals surface area (Å²) in [4.78, 5) is 26.9. The molecule has 1 saturated carbocycles. The van der Waals surface area contributed by atoms with E-state index < -0.39 is 0 Å². The number of hydrogen-bond acceptors (Lipinski definition) is 5. The molecular formula is C19H23N5O2S. The molecule has 2 aromatic rings. The van der Waals surface area contributed by atoms with Crippen molar-refractivity contribution < 1.29 is 9.59 Å². The number of nitrogens with zero attached hydrogens (tertiary/aromatic N) is 4. The first kappa shape index (κ1) is 18.0. The number of carbonyl (C=O) groups excluding carboxylic acids is 2. The van der Waals surface area contributed by atoms with Gasteiger partial charge in [0.2, 0.25) is 11.8 Å². The molecule has 0 saturated heterocycles. The molecule has 0 spiro atoms. The zero-order valence-corrected chi connectivity index (χ0v) is 16.3. The smallest absolute Gasteiger partial charge is 0.237 e. The van der Waals surface area contributed by atoms with Crippen molar-refractivity contribution in [3.8, 4) is 0 Å². The Labute approximate surface area is 162 Å². The summed E-state index contributed by atoms with van der Waals surface area (Å²) < 4.78 is 2.11. The molecule has 0 bridgehead atoms. The van der Waals surface area contributed by atoms with Crippen LogP contribution in [0.1, 0.15) is 44.9 Å². The monoisotopic (exact) mass is 385 g/mol. The van der Waals surface area contributed by atoms with Crippen LogP contribution < -0.4 is 10.2 Å². The highest BCUT2D eigenvalue weighted by Gasteiger charge is 2.32. The van der Waals surface area contributed by atoms with Gasteiger partial charge in [0.1, 0.15) is 5.82 Å². The summed E-state index contributed by atoms with van der Waals surface area (Å²) in [5.41, 5.74) is 1.43. The Morgan fingerprint density at radius 2 is 2.07 bits per heavy atom. The lowest BCUT2D eigenvalue weighted by atomic mass is 10.2. The second-order valence-corrected chi connectivity index (χ2v) is 7.97. The van der Waals surface area contributed by atoms with E-state index in [-0.39, 0.29) is 30.0 Å². The Morgan fingerprint density at radius 1 is 1.30 bits per heavy atom. The molecule has 2 amide bonds. The van der Waals surface area contributed by atoms with Gasteiger partial charge in [-0.15, -0.1) is 10.2 Å². The summed E-state index contributed by atoms with van der Waals surface area (Å²) >= 11 is 1.42. The second kappa shape index (κ2) is 7.34. The number of thioether (sulfide) groups is 1. The molecule has 0 radical (unpaired) electrons. The lowest BCUT2D eigenvalue weighted by Gasteiger charge is -2.27. The summed E-state index contributed by atoms with van der Waals surface area (Å²) in [5.74, 6) is 1.72. The minimum absolute atomic E-state index is 0.0323. The summed E-state index contributed by atoms with van der Waals surface area (Å²) in [6, 6.07) is 7.24. The van der Waals surface area contributed by atoms with E-state index in [9.17, 15) is 9.59 Å². The fourth-order valence-electron chi connectivity index (χ4n) is 3.51. The quantitative estimate of drug-likeness (QED) is 0.800. The van der Waals surface area contributed by atoms with Crippen molar-refractivity contribution >= 4 is 35.0 Å². The van der Waals surface area contributed by atoms with Gasteiger partial charge in [-0.25, -0.2) is 0 Å². The van der Waals surface area contributed by atoms with E-state index in [0.717, 1.165) is 23.2 Å². The Kier molecular flexibility index (Phi) is 4.90. The van der Waals surface area contributed by atoms with Crippen LogP contribution in [0.3, 0.4) is 0 Å². The standard InChI is InChI=1S/C19H23N5O2S/c1-3-23-18(13-8-9-13)21-22-19(23)27-11-17(26)24-12(2)10-16(25)20-14-6-4-5-7-15(14)24/h4-7,12-13H,3,8-11H2,1-2H3,(H,20,25). The number of para-hydroxylation sites is 2. The summed E-state index contributed by atoms with van der Waals surface area (Å²) in [6.45, 7) is 4.78. The average Bonchev–Trinajstić information content (AvgIpc) is 3.42. The van der Waals surface area contributed by atoms with Crippen LogP contribution >= 0.6 is 11.8 Å². The molecule has 1 aliphatic heterocycles. The normalized spacial score (nSPS) is 19.4. The minimum atomic E-state index is -0.201. The number of fused-ring (bicyclic) bond motifs is 1. The second-order valence-electron chi connectivity index (χ2n) is 7.03. The Bertz CT molecular complexity index is 877. The van der Waals surface area contributed by atoms with E-state index in [0.29, 0.717) is 11.6 Å². The van der Waals surface area contributed by atoms with Gasteiger partial charge >= 0.3 is 0 Å². The zero-order chi connectivity index (χ0) is 19.0. The number of anilines is 2. The maximum atomic E-state index is 13.1. The highest BCUT2D eigenvalue weighted by atomic mass is 32.2. The number of rotatable bonds is 5. The van der Waals surface area contributed by atoms with Gasteiger partial charge in [-0.05, 0) is 38.8 Å². The van der Waals surface area contributed by atoms with Gasteiger partial charge in [0, 0.05) is 24.9 Å². The Hall–Kier alpha value is -2.35. The largest absolute Gasteiger partial charge is 0.324 e. The molecule has 2 aliphatic rings. The fourth-order valence-corrected chi connectivity index (χ4v) is 4.38. The SMILES string of the molecule is CCn1c(SCC(=O)N2c3ccccc3NC(=O)CC2C)nnc1C1CC1. The zero-order valence-electron chi connectivity index (χ0n) is 15.5. The van der Waals surface area contributed by atoms with Crippen molar-refractivity contribution in [2.24, 2.45) is 0 Å². The number of aromatic nitrogens is 3. The maximum absolute atomic E-state index is 13.1. The lowest BCUT2D eigenvalue weighted by molar-refractivity contribution is -0.117. The van der Waals surface area contributed by atoms with Gasteiger partial charge in [-0.3, -0.25) is 9.59 Å². The first-order chi connectivity index (χ1) is 13.1. The molecule has 8 heteroatoms. The third-order valence-electron chi connectivity index (χ3n) is 4.96. The Morgan fingerprint density at radius 3 is 2.81 bits per heavy atom. The van der Waals surface area contributed by atoms with E-state index in [2.05, 4.69) is 27.0 Å². The van der Waals surface area contributed by atoms with Gasteiger partial charge in [-0.1, -0.05) is 23.9 Å². The molecule has 1 aromatic heterocycles. The topological polar surface area (TPSA) is 80.1 Å². The van der Waals surface area contributed by atoms with Crippen molar-refractivity contribution in [3.05, 3.63) is 30.1 Å². The van der Waals surface area contributed by atoms with Gasteiger partial charge in [0.15, 0.2) is 5.16 Å². The third kappa shape index (κ3) is 3.58. The highest BCUT2D eigenvalue weighted by Crippen LogP contribution is 2.40. The van der Waals surface area contributed by atoms with Crippen LogP contribution in [0.5, 0.6) is 0 Å². The van der Waals surface area contributed by atoms with E-state index in [1.807, 2.05) is 31.2 Å². The molecule has 1 aliphatic carbocycles. The summed E-state index contributed by atoms with van der Waals surface area (Å²) in [7, 11) is 0. The predicted molar refractivity (Wildman–Crippen MR) is 105 cm³/mol. The molecule has 2 heterocycles. The van der Waals surface area contributed by atoms with Crippen LogP contribution in [0.4, 0.5) is 11.4 Å². The molecule has 1 N–H and O–H groups in total. The number of nitrogens with one attached hydrogen (secondary N) is 1. The van der Waals surface area contributed by atoms with Crippen LogP contribution in [0.2, 0.25) is 0 Å². The summed E-state index contributed by atoms with van der Waals surface area (Å²) in [5, 5.41) is 12.3. The number of hydrogen-bond donors (Lipinski definition) is 1. The maximum Gasteiger partial charge on any atom is 0.237 e. The van der Waals surface area contributed by atoms with Gasteiger partial charge in [0.05, 0.1) is 17.1 Å². The first-order valence-corrected chi connectivity index (χ1v) is 10.3.